The Morgan fingerprint density at radius 1 is 0.488 bits per heavy atom. The molecule has 43 heavy (non-hydrogen) atoms. The molecule has 0 amide bonds. The molecule has 0 bridgehead atoms. The SMILES string of the molecule is CCC(C)c1cc(C2(c3cc(C(C)CC)c(N)c(C(C)CC)c3)c3ccccc3-c3ccccc32)cc(C(C)CC)c1N. The Labute approximate surface area is 260 Å². The molecule has 0 spiro atoms. The van der Waals surface area contributed by atoms with Crippen molar-refractivity contribution < 1.29 is 0 Å². The molecular formula is C41H52N2. The van der Waals surface area contributed by atoms with Crippen LogP contribution in [0, 0.1) is 0 Å². The molecule has 4 N–H and O–H groups in total. The molecule has 226 valence electrons. The molecule has 4 aromatic carbocycles. The van der Waals surface area contributed by atoms with Gasteiger partial charge in [0.05, 0.1) is 5.41 Å². The predicted molar refractivity (Wildman–Crippen MR) is 187 cm³/mol. The van der Waals surface area contributed by atoms with Crippen molar-refractivity contribution >= 4 is 11.4 Å². The third-order valence-electron chi connectivity index (χ3n) is 10.9. The van der Waals surface area contributed by atoms with Crippen LogP contribution >= 0.6 is 0 Å². The number of hydrogen-bond donors (Lipinski definition) is 2. The second-order valence-corrected chi connectivity index (χ2v) is 13.2. The molecule has 2 nitrogen and oxygen atoms in total. The van der Waals surface area contributed by atoms with Gasteiger partial charge in [0.1, 0.15) is 0 Å². The Hall–Kier alpha value is -3.52. The van der Waals surface area contributed by atoms with Gasteiger partial charge in [-0.15, -0.1) is 0 Å². The van der Waals surface area contributed by atoms with Crippen molar-refractivity contribution in [3.63, 3.8) is 0 Å². The smallest absolute Gasteiger partial charge is 0.0714 e. The van der Waals surface area contributed by atoms with E-state index in [1.807, 2.05) is 0 Å². The van der Waals surface area contributed by atoms with E-state index in [1.165, 1.54) is 55.6 Å². The van der Waals surface area contributed by atoms with Crippen LogP contribution in [-0.2, 0) is 5.41 Å². The van der Waals surface area contributed by atoms with Crippen molar-refractivity contribution in [2.45, 2.75) is 110 Å². The van der Waals surface area contributed by atoms with Crippen molar-refractivity contribution in [3.8, 4) is 11.1 Å². The van der Waals surface area contributed by atoms with Gasteiger partial charge in [0, 0.05) is 11.4 Å². The molecule has 0 saturated carbocycles. The van der Waals surface area contributed by atoms with E-state index in [0.717, 1.165) is 37.1 Å². The second kappa shape index (κ2) is 12.2. The van der Waals surface area contributed by atoms with Crippen LogP contribution in [0.5, 0.6) is 0 Å². The number of fused-ring (bicyclic) bond motifs is 3. The van der Waals surface area contributed by atoms with E-state index in [9.17, 15) is 0 Å². The van der Waals surface area contributed by atoms with Gasteiger partial charge >= 0.3 is 0 Å². The van der Waals surface area contributed by atoms with E-state index in [0.29, 0.717) is 23.7 Å². The summed E-state index contributed by atoms with van der Waals surface area (Å²) >= 11 is 0. The van der Waals surface area contributed by atoms with Crippen LogP contribution in [0.3, 0.4) is 0 Å². The molecule has 0 radical (unpaired) electrons. The number of rotatable bonds is 10. The molecule has 1 aliphatic carbocycles. The van der Waals surface area contributed by atoms with Crippen LogP contribution < -0.4 is 11.5 Å². The second-order valence-electron chi connectivity index (χ2n) is 13.2. The van der Waals surface area contributed by atoms with E-state index < -0.39 is 5.41 Å². The van der Waals surface area contributed by atoms with Crippen molar-refractivity contribution in [3.05, 3.63) is 117 Å². The topological polar surface area (TPSA) is 52.0 Å². The first-order valence-electron chi connectivity index (χ1n) is 16.7. The highest BCUT2D eigenvalue weighted by molar-refractivity contribution is 5.87. The van der Waals surface area contributed by atoms with E-state index >= 15 is 0 Å². The minimum atomic E-state index is -0.483. The van der Waals surface area contributed by atoms with E-state index in [4.69, 9.17) is 11.5 Å². The van der Waals surface area contributed by atoms with Gasteiger partial charge < -0.3 is 11.5 Å². The molecular weight excluding hydrogens is 520 g/mol. The van der Waals surface area contributed by atoms with Crippen molar-refractivity contribution in [1.29, 1.82) is 0 Å². The molecule has 1 aliphatic rings. The maximum atomic E-state index is 7.04. The number of anilines is 2. The number of nitrogen functional groups attached to an aromatic ring is 2. The van der Waals surface area contributed by atoms with E-state index in [1.54, 1.807) is 0 Å². The summed E-state index contributed by atoms with van der Waals surface area (Å²) < 4.78 is 0. The van der Waals surface area contributed by atoms with Gasteiger partial charge in [-0.1, -0.05) is 128 Å². The first-order valence-corrected chi connectivity index (χ1v) is 16.7. The summed E-state index contributed by atoms with van der Waals surface area (Å²) in [6.07, 6.45) is 4.19. The molecule has 0 fully saturated rings. The number of nitrogens with two attached hydrogens (primary N) is 2. The Bertz CT molecular complexity index is 1430. The lowest BCUT2D eigenvalue weighted by molar-refractivity contribution is 0.688. The molecule has 0 saturated heterocycles. The normalized spacial score (nSPS) is 16.3. The van der Waals surface area contributed by atoms with Crippen LogP contribution in [0.4, 0.5) is 11.4 Å². The predicted octanol–water partition coefficient (Wildman–Crippen LogP) is 11.3. The third-order valence-corrected chi connectivity index (χ3v) is 10.9. The van der Waals surface area contributed by atoms with Crippen LogP contribution in [0.25, 0.3) is 11.1 Å². The molecule has 4 unspecified atom stereocenters. The first-order chi connectivity index (χ1) is 20.6. The molecule has 4 aromatic rings. The van der Waals surface area contributed by atoms with Crippen LogP contribution in [0.2, 0.25) is 0 Å². The number of hydrogen-bond acceptors (Lipinski definition) is 2. The summed E-state index contributed by atoms with van der Waals surface area (Å²) in [6.45, 7) is 18.4. The lowest BCUT2D eigenvalue weighted by Crippen LogP contribution is -2.30. The highest BCUT2D eigenvalue weighted by atomic mass is 14.6. The molecule has 0 aromatic heterocycles. The summed E-state index contributed by atoms with van der Waals surface area (Å²) in [6, 6.07) is 27.9. The zero-order valence-electron chi connectivity index (χ0n) is 27.7. The highest BCUT2D eigenvalue weighted by Gasteiger charge is 2.47. The van der Waals surface area contributed by atoms with E-state index in [-0.39, 0.29) is 0 Å². The summed E-state index contributed by atoms with van der Waals surface area (Å²) in [5.74, 6) is 1.46. The average Bonchev–Trinajstić information content (AvgIpc) is 3.34. The minimum absolute atomic E-state index is 0.365. The fraction of sp³-hybridized carbons (Fsp3) is 0.415. The lowest BCUT2D eigenvalue weighted by atomic mass is 9.65. The average molecular weight is 573 g/mol. The summed E-state index contributed by atoms with van der Waals surface area (Å²) in [5, 5.41) is 0. The summed E-state index contributed by atoms with van der Waals surface area (Å²) in [5.41, 5.74) is 28.6. The van der Waals surface area contributed by atoms with Crippen LogP contribution in [0.1, 0.15) is 149 Å². The fourth-order valence-corrected chi connectivity index (χ4v) is 7.37. The van der Waals surface area contributed by atoms with Crippen molar-refractivity contribution in [2.24, 2.45) is 0 Å². The zero-order valence-corrected chi connectivity index (χ0v) is 27.7. The quantitative estimate of drug-likeness (QED) is 0.164. The summed E-state index contributed by atoms with van der Waals surface area (Å²) in [4.78, 5) is 0. The first kappa shape index (κ1) is 30.9. The highest BCUT2D eigenvalue weighted by Crippen LogP contribution is 2.58. The molecule has 5 rings (SSSR count). The maximum absolute atomic E-state index is 7.04. The Morgan fingerprint density at radius 2 is 0.767 bits per heavy atom. The summed E-state index contributed by atoms with van der Waals surface area (Å²) in [7, 11) is 0. The number of benzene rings is 4. The Kier molecular flexibility index (Phi) is 8.80. The van der Waals surface area contributed by atoms with Gasteiger partial charge in [-0.05, 0) is 105 Å². The minimum Gasteiger partial charge on any atom is -0.398 e. The van der Waals surface area contributed by atoms with Gasteiger partial charge in [0.25, 0.3) is 0 Å². The molecule has 4 atom stereocenters. The maximum Gasteiger partial charge on any atom is 0.0714 e. The van der Waals surface area contributed by atoms with Gasteiger partial charge in [-0.2, -0.15) is 0 Å². The zero-order chi connectivity index (χ0) is 31.1. The lowest BCUT2D eigenvalue weighted by Gasteiger charge is -2.37. The van der Waals surface area contributed by atoms with Gasteiger partial charge in [0.2, 0.25) is 0 Å². The van der Waals surface area contributed by atoms with Gasteiger partial charge in [-0.25, -0.2) is 0 Å². The Balaban J connectivity index is 2.01. The van der Waals surface area contributed by atoms with E-state index in [2.05, 4.69) is 128 Å². The molecule has 0 aliphatic heterocycles. The largest absolute Gasteiger partial charge is 0.398 e. The van der Waals surface area contributed by atoms with Crippen LogP contribution in [-0.4, -0.2) is 0 Å². The molecule has 2 heteroatoms. The van der Waals surface area contributed by atoms with Gasteiger partial charge in [-0.3, -0.25) is 0 Å². The third kappa shape index (κ3) is 4.88. The van der Waals surface area contributed by atoms with Crippen molar-refractivity contribution in [1.82, 2.24) is 0 Å². The fourth-order valence-electron chi connectivity index (χ4n) is 7.37. The Morgan fingerprint density at radius 3 is 1.05 bits per heavy atom. The van der Waals surface area contributed by atoms with Crippen molar-refractivity contribution in [2.75, 3.05) is 11.5 Å². The molecule has 0 heterocycles. The van der Waals surface area contributed by atoms with Crippen LogP contribution in [0.15, 0.2) is 72.8 Å². The standard InChI is InChI=1S/C41H52N2/c1-9-25(5)33-21-29(22-34(39(33)42)26(6)10-2)41(37-19-15-13-17-31(37)32-18-14-16-20-38(32)41)30-23-35(27(7)11-3)40(43)36(24-30)28(8)12-4/h13-28H,9-12,42-43H2,1-8H3. The monoisotopic (exact) mass is 572 g/mol. The van der Waals surface area contributed by atoms with Gasteiger partial charge in [0.15, 0.2) is 0 Å².